The van der Waals surface area contributed by atoms with Crippen LogP contribution >= 0.6 is 11.6 Å². The SMILES string of the molecule is O=C(NCC1CCOCC1)c1ccnc(Cl)c1. The molecule has 0 aliphatic carbocycles. The minimum atomic E-state index is -0.0965. The van der Waals surface area contributed by atoms with E-state index in [1.807, 2.05) is 0 Å². The molecule has 5 heteroatoms. The first kappa shape index (κ1) is 12.3. The fourth-order valence-electron chi connectivity index (χ4n) is 1.83. The average Bonchev–Trinajstić information content (AvgIpc) is 2.37. The highest BCUT2D eigenvalue weighted by atomic mass is 35.5. The number of carbonyl (C=O) groups excluding carboxylic acids is 1. The van der Waals surface area contributed by atoms with Crippen LogP contribution in [-0.4, -0.2) is 30.6 Å². The maximum atomic E-state index is 11.8. The molecule has 1 fully saturated rings. The van der Waals surface area contributed by atoms with E-state index in [4.69, 9.17) is 16.3 Å². The quantitative estimate of drug-likeness (QED) is 0.838. The third-order valence-electron chi connectivity index (χ3n) is 2.88. The van der Waals surface area contributed by atoms with E-state index in [0.717, 1.165) is 26.1 Å². The van der Waals surface area contributed by atoms with Gasteiger partial charge in [-0.3, -0.25) is 4.79 Å². The van der Waals surface area contributed by atoms with Crippen molar-refractivity contribution in [3.05, 3.63) is 29.0 Å². The van der Waals surface area contributed by atoms with E-state index in [2.05, 4.69) is 10.3 Å². The first-order chi connectivity index (χ1) is 8.25. The van der Waals surface area contributed by atoms with Gasteiger partial charge in [0.05, 0.1) is 0 Å². The zero-order valence-corrected chi connectivity index (χ0v) is 10.2. The van der Waals surface area contributed by atoms with Crippen molar-refractivity contribution in [3.8, 4) is 0 Å². The second-order valence-electron chi connectivity index (χ2n) is 4.13. The van der Waals surface area contributed by atoms with Crippen molar-refractivity contribution in [3.63, 3.8) is 0 Å². The Morgan fingerprint density at radius 1 is 1.53 bits per heavy atom. The molecule has 0 unspecified atom stereocenters. The third kappa shape index (κ3) is 3.68. The maximum absolute atomic E-state index is 11.8. The second-order valence-corrected chi connectivity index (χ2v) is 4.52. The molecule has 0 radical (unpaired) electrons. The van der Waals surface area contributed by atoms with Crippen LogP contribution in [0.25, 0.3) is 0 Å². The molecular formula is C12H15ClN2O2. The number of aromatic nitrogens is 1. The molecule has 4 nitrogen and oxygen atoms in total. The van der Waals surface area contributed by atoms with E-state index >= 15 is 0 Å². The molecule has 17 heavy (non-hydrogen) atoms. The number of ether oxygens (including phenoxy) is 1. The summed E-state index contributed by atoms with van der Waals surface area (Å²) < 4.78 is 5.27. The first-order valence-electron chi connectivity index (χ1n) is 5.73. The molecule has 1 aromatic rings. The molecule has 1 aliphatic rings. The Bertz CT molecular complexity index is 392. The lowest BCUT2D eigenvalue weighted by atomic mass is 10.0. The molecule has 92 valence electrons. The Hall–Kier alpha value is -1.13. The molecule has 1 amide bonds. The monoisotopic (exact) mass is 254 g/mol. The molecule has 2 rings (SSSR count). The highest BCUT2D eigenvalue weighted by molar-refractivity contribution is 6.29. The van der Waals surface area contributed by atoms with Gasteiger partial charge >= 0.3 is 0 Å². The standard InChI is InChI=1S/C12H15ClN2O2/c13-11-7-10(1-4-14-11)12(16)15-8-9-2-5-17-6-3-9/h1,4,7,9H,2-3,5-6,8H2,(H,15,16). The topological polar surface area (TPSA) is 51.2 Å². The van der Waals surface area contributed by atoms with Gasteiger partial charge < -0.3 is 10.1 Å². The largest absolute Gasteiger partial charge is 0.381 e. The van der Waals surface area contributed by atoms with E-state index < -0.39 is 0 Å². The predicted octanol–water partition coefficient (Wildman–Crippen LogP) is 1.89. The Morgan fingerprint density at radius 3 is 3.00 bits per heavy atom. The van der Waals surface area contributed by atoms with Crippen LogP contribution in [0, 0.1) is 5.92 Å². The van der Waals surface area contributed by atoms with Gasteiger partial charge in [-0.25, -0.2) is 4.98 Å². The number of amides is 1. The number of hydrogen-bond donors (Lipinski definition) is 1. The van der Waals surface area contributed by atoms with Crippen molar-refractivity contribution in [2.75, 3.05) is 19.8 Å². The van der Waals surface area contributed by atoms with Crippen molar-refractivity contribution >= 4 is 17.5 Å². The van der Waals surface area contributed by atoms with Gasteiger partial charge in [0.1, 0.15) is 5.15 Å². The molecule has 2 heterocycles. The van der Waals surface area contributed by atoms with Crippen LogP contribution in [0.3, 0.4) is 0 Å². The van der Waals surface area contributed by atoms with Crippen LogP contribution in [-0.2, 0) is 4.74 Å². The van der Waals surface area contributed by atoms with Gasteiger partial charge in [0.2, 0.25) is 0 Å². The molecular weight excluding hydrogens is 240 g/mol. The lowest BCUT2D eigenvalue weighted by Crippen LogP contribution is -2.32. The van der Waals surface area contributed by atoms with Crippen molar-refractivity contribution < 1.29 is 9.53 Å². The smallest absolute Gasteiger partial charge is 0.251 e. The summed E-state index contributed by atoms with van der Waals surface area (Å²) in [7, 11) is 0. The Morgan fingerprint density at radius 2 is 2.29 bits per heavy atom. The predicted molar refractivity (Wildman–Crippen MR) is 65.1 cm³/mol. The van der Waals surface area contributed by atoms with E-state index in [-0.39, 0.29) is 5.91 Å². The van der Waals surface area contributed by atoms with Crippen LogP contribution in [0.2, 0.25) is 5.15 Å². The van der Waals surface area contributed by atoms with Gasteiger partial charge in [-0.15, -0.1) is 0 Å². The van der Waals surface area contributed by atoms with Gasteiger partial charge in [0.25, 0.3) is 5.91 Å². The van der Waals surface area contributed by atoms with Crippen molar-refractivity contribution in [1.82, 2.24) is 10.3 Å². The van der Waals surface area contributed by atoms with Crippen LogP contribution in [0.5, 0.6) is 0 Å². The summed E-state index contributed by atoms with van der Waals surface area (Å²) in [5.74, 6) is 0.422. The fraction of sp³-hybridized carbons (Fsp3) is 0.500. The summed E-state index contributed by atoms with van der Waals surface area (Å²) in [5, 5.41) is 3.25. The van der Waals surface area contributed by atoms with Crippen LogP contribution in [0.15, 0.2) is 18.3 Å². The fourth-order valence-corrected chi connectivity index (χ4v) is 2.01. The van der Waals surface area contributed by atoms with Gasteiger partial charge in [-0.1, -0.05) is 11.6 Å². The number of nitrogens with one attached hydrogen (secondary N) is 1. The molecule has 0 atom stereocenters. The highest BCUT2D eigenvalue weighted by Gasteiger charge is 2.15. The van der Waals surface area contributed by atoms with E-state index in [1.54, 1.807) is 12.1 Å². The van der Waals surface area contributed by atoms with Crippen LogP contribution in [0.1, 0.15) is 23.2 Å². The molecule has 1 aliphatic heterocycles. The van der Waals surface area contributed by atoms with Crippen molar-refractivity contribution in [2.45, 2.75) is 12.8 Å². The number of carbonyl (C=O) groups is 1. The Labute approximate surface area is 105 Å². The Balaban J connectivity index is 1.84. The zero-order chi connectivity index (χ0) is 12.1. The summed E-state index contributed by atoms with van der Waals surface area (Å²) in [6.45, 7) is 2.28. The molecule has 0 aromatic carbocycles. The molecule has 1 aromatic heterocycles. The molecule has 0 bridgehead atoms. The van der Waals surface area contributed by atoms with Gasteiger partial charge in [-0.2, -0.15) is 0 Å². The summed E-state index contributed by atoms with van der Waals surface area (Å²) >= 11 is 5.73. The van der Waals surface area contributed by atoms with Gasteiger partial charge in [0, 0.05) is 31.5 Å². The van der Waals surface area contributed by atoms with Crippen molar-refractivity contribution in [1.29, 1.82) is 0 Å². The van der Waals surface area contributed by atoms with Crippen LogP contribution < -0.4 is 5.32 Å². The summed E-state index contributed by atoms with van der Waals surface area (Å²) in [6, 6.07) is 3.23. The lowest BCUT2D eigenvalue weighted by Gasteiger charge is -2.22. The van der Waals surface area contributed by atoms with Crippen LogP contribution in [0.4, 0.5) is 0 Å². The lowest BCUT2D eigenvalue weighted by molar-refractivity contribution is 0.0642. The third-order valence-corrected chi connectivity index (χ3v) is 3.09. The minimum Gasteiger partial charge on any atom is -0.381 e. The number of rotatable bonds is 3. The average molecular weight is 255 g/mol. The summed E-state index contributed by atoms with van der Waals surface area (Å²) in [5.41, 5.74) is 0.553. The molecule has 1 N–H and O–H groups in total. The maximum Gasteiger partial charge on any atom is 0.251 e. The first-order valence-corrected chi connectivity index (χ1v) is 6.11. The second kappa shape index (κ2) is 5.98. The number of nitrogens with zero attached hydrogens (tertiary/aromatic N) is 1. The number of pyridine rings is 1. The number of halogens is 1. The Kier molecular flexibility index (Phi) is 4.34. The minimum absolute atomic E-state index is 0.0965. The summed E-state index contributed by atoms with van der Waals surface area (Å²) in [4.78, 5) is 15.7. The number of hydrogen-bond acceptors (Lipinski definition) is 3. The molecule has 1 saturated heterocycles. The summed E-state index contributed by atoms with van der Waals surface area (Å²) in [6.07, 6.45) is 3.56. The van der Waals surface area contributed by atoms with E-state index in [9.17, 15) is 4.79 Å². The molecule has 0 saturated carbocycles. The highest BCUT2D eigenvalue weighted by Crippen LogP contribution is 2.13. The zero-order valence-electron chi connectivity index (χ0n) is 9.49. The van der Waals surface area contributed by atoms with E-state index in [1.165, 1.54) is 6.20 Å². The van der Waals surface area contributed by atoms with Gasteiger partial charge in [-0.05, 0) is 30.9 Å². The normalized spacial score (nSPS) is 16.8. The van der Waals surface area contributed by atoms with Crippen molar-refractivity contribution in [2.24, 2.45) is 5.92 Å². The molecule has 0 spiro atoms. The van der Waals surface area contributed by atoms with E-state index in [0.29, 0.717) is 23.2 Å². The van der Waals surface area contributed by atoms with Gasteiger partial charge in [0.15, 0.2) is 0 Å².